The van der Waals surface area contributed by atoms with Crippen molar-refractivity contribution in [1.82, 2.24) is 15.0 Å². The molecule has 2 heterocycles. The van der Waals surface area contributed by atoms with Gasteiger partial charge in [0.05, 0.1) is 19.8 Å². The van der Waals surface area contributed by atoms with E-state index in [9.17, 15) is 4.79 Å². The van der Waals surface area contributed by atoms with E-state index in [1.54, 1.807) is 20.3 Å². The molecule has 160 valence electrons. The van der Waals surface area contributed by atoms with Crippen molar-refractivity contribution in [2.75, 3.05) is 27.3 Å². The van der Waals surface area contributed by atoms with Crippen molar-refractivity contribution < 1.29 is 18.8 Å². The van der Waals surface area contributed by atoms with Crippen LogP contribution in [-0.4, -0.2) is 48.3 Å². The maximum absolute atomic E-state index is 12.7. The van der Waals surface area contributed by atoms with Crippen LogP contribution in [0.1, 0.15) is 30.1 Å². The largest absolute Gasteiger partial charge is 0.497 e. The van der Waals surface area contributed by atoms with Gasteiger partial charge in [-0.25, -0.2) is 0 Å². The molecule has 2 aromatic carbocycles. The van der Waals surface area contributed by atoms with Crippen molar-refractivity contribution in [1.29, 1.82) is 0 Å². The van der Waals surface area contributed by atoms with Crippen LogP contribution in [0.5, 0.6) is 11.5 Å². The molecular weight excluding hydrogens is 394 g/mol. The highest BCUT2D eigenvalue weighted by Gasteiger charge is 2.27. The molecule has 0 aliphatic carbocycles. The molecule has 0 bridgehead atoms. The molecule has 1 aromatic heterocycles. The van der Waals surface area contributed by atoms with Gasteiger partial charge >= 0.3 is 0 Å². The van der Waals surface area contributed by atoms with Crippen LogP contribution >= 0.6 is 0 Å². The van der Waals surface area contributed by atoms with E-state index in [1.807, 2.05) is 59.5 Å². The van der Waals surface area contributed by atoms with Crippen molar-refractivity contribution in [3.05, 3.63) is 66.0 Å². The highest BCUT2D eigenvalue weighted by atomic mass is 16.5. The predicted octanol–water partition coefficient (Wildman–Crippen LogP) is 4.17. The quantitative estimate of drug-likeness (QED) is 0.558. The minimum atomic E-state index is -0.0195. The highest BCUT2D eigenvalue weighted by Crippen LogP contribution is 2.31. The Balaban J connectivity index is 1.43. The molecule has 0 radical (unpaired) electrons. The number of hydrogen-bond acceptors (Lipinski definition) is 6. The van der Waals surface area contributed by atoms with E-state index in [1.165, 1.54) is 0 Å². The fourth-order valence-electron chi connectivity index (χ4n) is 3.71. The van der Waals surface area contributed by atoms with Gasteiger partial charge in [0.15, 0.2) is 5.82 Å². The minimum absolute atomic E-state index is 0.0195. The lowest BCUT2D eigenvalue weighted by molar-refractivity contribution is -0.127. The molecule has 1 fully saturated rings. The Morgan fingerprint density at radius 1 is 1.13 bits per heavy atom. The molecule has 0 N–H and O–H groups in total. The summed E-state index contributed by atoms with van der Waals surface area (Å²) < 4.78 is 16.0. The monoisotopic (exact) mass is 419 g/mol. The SMILES string of the molecule is COc1ccc(/C=C/C(=O)N2CCC[C@@H](c3noc(-c4ccccc4OC)n3)C2)cc1. The maximum atomic E-state index is 12.7. The van der Waals surface area contributed by atoms with Crippen molar-refractivity contribution in [2.45, 2.75) is 18.8 Å². The number of carbonyl (C=O) groups excluding carboxylic acids is 1. The first-order chi connectivity index (χ1) is 15.2. The summed E-state index contributed by atoms with van der Waals surface area (Å²) >= 11 is 0. The van der Waals surface area contributed by atoms with E-state index in [0.29, 0.717) is 24.0 Å². The molecule has 7 heteroatoms. The molecular formula is C24H25N3O4. The Morgan fingerprint density at radius 2 is 1.94 bits per heavy atom. The Hall–Kier alpha value is -3.61. The van der Waals surface area contributed by atoms with Crippen molar-refractivity contribution in [2.24, 2.45) is 0 Å². The van der Waals surface area contributed by atoms with Crippen molar-refractivity contribution >= 4 is 12.0 Å². The van der Waals surface area contributed by atoms with Gasteiger partial charge in [0.25, 0.3) is 5.89 Å². The van der Waals surface area contributed by atoms with E-state index >= 15 is 0 Å². The third-order valence-corrected chi connectivity index (χ3v) is 5.41. The summed E-state index contributed by atoms with van der Waals surface area (Å²) in [6.45, 7) is 1.29. The van der Waals surface area contributed by atoms with E-state index < -0.39 is 0 Å². The van der Waals surface area contributed by atoms with Crippen LogP contribution in [0.2, 0.25) is 0 Å². The molecule has 31 heavy (non-hydrogen) atoms. The average molecular weight is 419 g/mol. The fraction of sp³-hybridized carbons (Fsp3) is 0.292. The lowest BCUT2D eigenvalue weighted by atomic mass is 9.97. The van der Waals surface area contributed by atoms with E-state index in [0.717, 1.165) is 36.3 Å². The summed E-state index contributed by atoms with van der Waals surface area (Å²) in [6, 6.07) is 15.1. The van der Waals surface area contributed by atoms with E-state index in [2.05, 4.69) is 10.1 Å². The number of ether oxygens (including phenoxy) is 2. The molecule has 0 saturated carbocycles. The zero-order valence-corrected chi connectivity index (χ0v) is 17.7. The van der Waals surface area contributed by atoms with Crippen LogP contribution in [0.3, 0.4) is 0 Å². The van der Waals surface area contributed by atoms with Gasteiger partial charge in [-0.2, -0.15) is 4.98 Å². The predicted molar refractivity (Wildman–Crippen MR) is 117 cm³/mol. The third-order valence-electron chi connectivity index (χ3n) is 5.41. The van der Waals surface area contributed by atoms with Crippen molar-refractivity contribution in [3.8, 4) is 23.0 Å². The van der Waals surface area contributed by atoms with Gasteiger partial charge in [0.1, 0.15) is 11.5 Å². The maximum Gasteiger partial charge on any atom is 0.261 e. The van der Waals surface area contributed by atoms with Gasteiger partial charge in [-0.1, -0.05) is 29.4 Å². The summed E-state index contributed by atoms with van der Waals surface area (Å²) in [6.07, 6.45) is 5.24. The number of hydrogen-bond donors (Lipinski definition) is 0. The second kappa shape index (κ2) is 9.47. The molecule has 1 aliphatic rings. The second-order valence-electron chi connectivity index (χ2n) is 7.39. The number of nitrogens with zero attached hydrogens (tertiary/aromatic N) is 3. The Kier molecular flexibility index (Phi) is 6.31. The number of rotatable bonds is 6. The van der Waals surface area contributed by atoms with Crippen LogP contribution < -0.4 is 9.47 Å². The minimum Gasteiger partial charge on any atom is -0.497 e. The molecule has 1 saturated heterocycles. The fourth-order valence-corrected chi connectivity index (χ4v) is 3.71. The Morgan fingerprint density at radius 3 is 2.71 bits per heavy atom. The summed E-state index contributed by atoms with van der Waals surface area (Å²) in [7, 11) is 3.24. The van der Waals surface area contributed by atoms with Crippen LogP contribution in [-0.2, 0) is 4.79 Å². The molecule has 1 amide bonds. The Labute approximate surface area is 181 Å². The van der Waals surface area contributed by atoms with Crippen molar-refractivity contribution in [3.63, 3.8) is 0 Å². The second-order valence-corrected chi connectivity index (χ2v) is 7.39. The van der Waals surface area contributed by atoms with Gasteiger partial charge in [-0.15, -0.1) is 0 Å². The normalized spacial score (nSPS) is 16.5. The molecule has 1 aliphatic heterocycles. The molecule has 0 spiro atoms. The van der Waals surface area contributed by atoms with E-state index in [-0.39, 0.29) is 11.8 Å². The smallest absolute Gasteiger partial charge is 0.261 e. The summed E-state index contributed by atoms with van der Waals surface area (Å²) in [4.78, 5) is 19.1. The molecule has 4 rings (SSSR count). The van der Waals surface area contributed by atoms with E-state index in [4.69, 9.17) is 14.0 Å². The van der Waals surface area contributed by atoms with Crippen LogP contribution in [0.15, 0.2) is 59.1 Å². The highest BCUT2D eigenvalue weighted by molar-refractivity contribution is 5.91. The molecule has 0 unspecified atom stereocenters. The van der Waals surface area contributed by atoms with Crippen LogP contribution in [0, 0.1) is 0 Å². The third kappa shape index (κ3) is 4.77. The molecule has 7 nitrogen and oxygen atoms in total. The summed E-state index contributed by atoms with van der Waals surface area (Å²) in [5, 5.41) is 4.19. The van der Waals surface area contributed by atoms with Gasteiger partial charge < -0.3 is 18.9 Å². The number of aromatic nitrogens is 2. The van der Waals surface area contributed by atoms with Gasteiger partial charge in [0.2, 0.25) is 5.91 Å². The zero-order valence-electron chi connectivity index (χ0n) is 17.7. The standard InChI is InChI=1S/C24H25N3O4/c1-29-19-12-9-17(10-13-19)11-14-22(28)27-15-5-6-18(16-27)23-25-24(31-26-23)20-7-3-4-8-21(20)30-2/h3-4,7-14,18H,5-6,15-16H2,1-2H3/b14-11+/t18-/m1/s1. The number of methoxy groups -OCH3 is 2. The zero-order chi connectivity index (χ0) is 21.6. The summed E-state index contributed by atoms with van der Waals surface area (Å²) in [5.74, 6) is 2.54. The average Bonchev–Trinajstić information content (AvgIpc) is 3.33. The lowest BCUT2D eigenvalue weighted by Gasteiger charge is -2.30. The van der Waals surface area contributed by atoms with Crippen LogP contribution in [0.25, 0.3) is 17.5 Å². The lowest BCUT2D eigenvalue weighted by Crippen LogP contribution is -2.38. The number of benzene rings is 2. The first-order valence-corrected chi connectivity index (χ1v) is 10.3. The Bertz CT molecular complexity index is 1060. The molecule has 1 atom stereocenters. The first kappa shape index (κ1) is 20.7. The first-order valence-electron chi connectivity index (χ1n) is 10.3. The summed E-state index contributed by atoms with van der Waals surface area (Å²) in [5.41, 5.74) is 1.71. The number of para-hydroxylation sites is 1. The topological polar surface area (TPSA) is 77.7 Å². The van der Waals surface area contributed by atoms with Crippen LogP contribution in [0.4, 0.5) is 0 Å². The number of carbonyl (C=O) groups is 1. The van der Waals surface area contributed by atoms with Gasteiger partial charge in [-0.05, 0) is 48.7 Å². The van der Waals surface area contributed by atoms with Gasteiger partial charge in [-0.3, -0.25) is 4.79 Å². The molecule has 3 aromatic rings. The van der Waals surface area contributed by atoms with Gasteiger partial charge in [0, 0.05) is 25.1 Å². The number of amides is 1. The number of likely N-dealkylation sites (tertiary alicyclic amines) is 1. The number of piperidine rings is 1.